The molecule has 1 aliphatic heterocycles. The smallest absolute Gasteiger partial charge is 0.243 e. The fourth-order valence-electron chi connectivity index (χ4n) is 5.32. The molecule has 2 heterocycles. The molecule has 5 rings (SSSR count). The van der Waals surface area contributed by atoms with E-state index in [2.05, 4.69) is 5.10 Å². The molecule has 0 unspecified atom stereocenters. The van der Waals surface area contributed by atoms with Gasteiger partial charge in [0.05, 0.1) is 23.4 Å². The van der Waals surface area contributed by atoms with E-state index in [1.165, 1.54) is 12.1 Å². The number of fused-ring (bicyclic) bond motifs is 2. The van der Waals surface area contributed by atoms with Crippen LogP contribution in [0.1, 0.15) is 17.7 Å². The lowest BCUT2D eigenvalue weighted by Gasteiger charge is -2.50. The molecule has 1 aliphatic carbocycles. The van der Waals surface area contributed by atoms with Crippen molar-refractivity contribution in [1.29, 1.82) is 0 Å². The van der Waals surface area contributed by atoms with E-state index in [0.29, 0.717) is 31.0 Å². The summed E-state index contributed by atoms with van der Waals surface area (Å²) >= 11 is 0. The lowest BCUT2D eigenvalue weighted by Crippen LogP contribution is -2.56. The van der Waals surface area contributed by atoms with Crippen molar-refractivity contribution in [3.8, 4) is 5.69 Å². The van der Waals surface area contributed by atoms with E-state index >= 15 is 0 Å². The quantitative estimate of drug-likeness (QED) is 0.591. The van der Waals surface area contributed by atoms with Gasteiger partial charge in [-0.15, -0.1) is 0 Å². The summed E-state index contributed by atoms with van der Waals surface area (Å²) < 4.78 is 49.1. The summed E-state index contributed by atoms with van der Waals surface area (Å²) in [6, 6.07) is 15.0. The lowest BCUT2D eigenvalue weighted by atomic mass is 9.63. The number of rotatable bonds is 5. The number of hydrogen-bond acceptors (Lipinski definition) is 4. The molecule has 3 aromatic rings. The summed E-state index contributed by atoms with van der Waals surface area (Å²) in [7, 11) is -1.89. The normalized spacial score (nSPS) is 23.5. The van der Waals surface area contributed by atoms with Crippen LogP contribution in [0.3, 0.4) is 0 Å². The summed E-state index contributed by atoms with van der Waals surface area (Å²) in [6.07, 6.45) is 4.10. The Morgan fingerprint density at radius 3 is 2.62 bits per heavy atom. The van der Waals surface area contributed by atoms with Gasteiger partial charge in [0.2, 0.25) is 10.0 Å². The highest BCUT2D eigenvalue weighted by Crippen LogP contribution is 2.46. The summed E-state index contributed by atoms with van der Waals surface area (Å²) in [5, 5.41) is 4.58. The third-order valence-electron chi connectivity index (χ3n) is 6.91. The summed E-state index contributed by atoms with van der Waals surface area (Å²) in [5.74, 6) is -0.00560. The average molecular weight is 456 g/mol. The van der Waals surface area contributed by atoms with E-state index in [1.54, 1.807) is 47.8 Å². The van der Waals surface area contributed by atoms with E-state index in [0.717, 1.165) is 29.8 Å². The SMILES string of the molecule is COC[C@]12Cc3cnn(-c4ccc(F)cc4)c3C[C@@H]1CCN(S(=O)(=O)c1ccccc1)C2. The highest BCUT2D eigenvalue weighted by Gasteiger charge is 2.49. The largest absolute Gasteiger partial charge is 0.384 e. The highest BCUT2D eigenvalue weighted by atomic mass is 32.2. The molecule has 0 bridgehead atoms. The van der Waals surface area contributed by atoms with Crippen LogP contribution in [-0.2, 0) is 27.6 Å². The molecule has 168 valence electrons. The van der Waals surface area contributed by atoms with Crippen molar-refractivity contribution in [2.45, 2.75) is 24.2 Å². The second-order valence-corrected chi connectivity index (χ2v) is 10.8. The number of aromatic nitrogens is 2. The van der Waals surface area contributed by atoms with Crippen molar-refractivity contribution in [2.24, 2.45) is 11.3 Å². The number of piperidine rings is 1. The van der Waals surface area contributed by atoms with Gasteiger partial charge in [-0.2, -0.15) is 9.40 Å². The van der Waals surface area contributed by atoms with Crippen molar-refractivity contribution in [2.75, 3.05) is 26.8 Å². The minimum absolute atomic E-state index is 0.271. The van der Waals surface area contributed by atoms with Crippen LogP contribution < -0.4 is 0 Å². The molecular weight excluding hydrogens is 429 g/mol. The predicted octanol–water partition coefficient (Wildman–Crippen LogP) is 3.45. The molecule has 0 spiro atoms. The van der Waals surface area contributed by atoms with Gasteiger partial charge in [-0.3, -0.25) is 0 Å². The minimum atomic E-state index is -3.57. The number of benzene rings is 2. The van der Waals surface area contributed by atoms with Crippen molar-refractivity contribution in [3.63, 3.8) is 0 Å². The van der Waals surface area contributed by atoms with Crippen LogP contribution in [0.2, 0.25) is 0 Å². The second kappa shape index (κ2) is 8.10. The van der Waals surface area contributed by atoms with Gasteiger partial charge >= 0.3 is 0 Å². The van der Waals surface area contributed by atoms with E-state index < -0.39 is 10.0 Å². The minimum Gasteiger partial charge on any atom is -0.384 e. The Bertz CT molecular complexity index is 1210. The van der Waals surface area contributed by atoms with Gasteiger partial charge in [0.1, 0.15) is 5.82 Å². The van der Waals surface area contributed by atoms with Gasteiger partial charge in [-0.25, -0.2) is 17.5 Å². The van der Waals surface area contributed by atoms with Gasteiger partial charge in [-0.05, 0) is 67.1 Å². The van der Waals surface area contributed by atoms with Gasteiger partial charge in [0, 0.05) is 31.3 Å². The van der Waals surface area contributed by atoms with Crippen molar-refractivity contribution in [3.05, 3.63) is 77.9 Å². The highest BCUT2D eigenvalue weighted by molar-refractivity contribution is 7.89. The predicted molar refractivity (Wildman–Crippen MR) is 119 cm³/mol. The number of halogens is 1. The molecule has 0 saturated carbocycles. The molecule has 6 nitrogen and oxygen atoms in total. The first kappa shape index (κ1) is 21.3. The Morgan fingerprint density at radius 1 is 1.16 bits per heavy atom. The van der Waals surface area contributed by atoms with Gasteiger partial charge in [0.15, 0.2) is 0 Å². The monoisotopic (exact) mass is 455 g/mol. The number of nitrogens with zero attached hydrogens (tertiary/aromatic N) is 3. The van der Waals surface area contributed by atoms with E-state index in [4.69, 9.17) is 4.74 Å². The molecular formula is C24H26FN3O3S. The molecule has 32 heavy (non-hydrogen) atoms. The van der Waals surface area contributed by atoms with Crippen molar-refractivity contribution >= 4 is 10.0 Å². The first-order valence-electron chi connectivity index (χ1n) is 10.8. The third kappa shape index (κ3) is 3.56. The van der Waals surface area contributed by atoms with Gasteiger partial charge in [-0.1, -0.05) is 18.2 Å². The molecule has 0 amide bonds. The summed E-state index contributed by atoms with van der Waals surface area (Å²) in [5.41, 5.74) is 2.74. The van der Waals surface area contributed by atoms with Crippen LogP contribution in [-0.4, -0.2) is 49.3 Å². The molecule has 1 fully saturated rings. The second-order valence-electron chi connectivity index (χ2n) is 8.82. The molecule has 2 aromatic carbocycles. The van der Waals surface area contributed by atoms with Crippen LogP contribution >= 0.6 is 0 Å². The molecule has 0 N–H and O–H groups in total. The zero-order chi connectivity index (χ0) is 22.3. The molecule has 1 saturated heterocycles. The molecule has 1 aromatic heterocycles. The standard InChI is InChI=1S/C24H26FN3O3S/c1-31-17-24-14-18-15-26-28(21-9-7-20(25)8-10-21)23(18)13-19(24)11-12-27(16-24)32(29,30)22-5-3-2-4-6-22/h2-10,15,19H,11-14,16-17H2,1H3/t19-,24+/m0/s1. The third-order valence-corrected chi connectivity index (χ3v) is 8.77. The zero-order valence-electron chi connectivity index (χ0n) is 17.9. The Kier molecular flexibility index (Phi) is 5.39. The van der Waals surface area contributed by atoms with E-state index in [-0.39, 0.29) is 17.2 Å². The maximum atomic E-state index is 13.4. The number of ether oxygens (including phenoxy) is 1. The lowest BCUT2D eigenvalue weighted by molar-refractivity contribution is -0.0172. The Hall–Kier alpha value is -2.55. The van der Waals surface area contributed by atoms with Crippen LogP contribution in [0.15, 0.2) is 65.7 Å². The molecule has 0 radical (unpaired) electrons. The van der Waals surface area contributed by atoms with E-state index in [1.807, 2.05) is 16.9 Å². The number of methoxy groups -OCH3 is 1. The topological polar surface area (TPSA) is 64.4 Å². The van der Waals surface area contributed by atoms with E-state index in [9.17, 15) is 12.8 Å². The first-order chi connectivity index (χ1) is 15.4. The first-order valence-corrected chi connectivity index (χ1v) is 12.2. The fourth-order valence-corrected chi connectivity index (χ4v) is 6.90. The van der Waals surface area contributed by atoms with Crippen LogP contribution in [0.4, 0.5) is 4.39 Å². The van der Waals surface area contributed by atoms with Crippen molar-refractivity contribution < 1.29 is 17.5 Å². The van der Waals surface area contributed by atoms with Gasteiger partial charge in [0.25, 0.3) is 0 Å². The molecule has 2 aliphatic rings. The number of hydrogen-bond donors (Lipinski definition) is 0. The Balaban J connectivity index is 1.48. The Labute approximate surface area is 187 Å². The summed E-state index contributed by atoms with van der Waals surface area (Å²) in [4.78, 5) is 0.326. The number of sulfonamides is 1. The fraction of sp³-hybridized carbons (Fsp3) is 0.375. The van der Waals surface area contributed by atoms with Crippen LogP contribution in [0, 0.1) is 17.2 Å². The Morgan fingerprint density at radius 2 is 1.91 bits per heavy atom. The van der Waals surface area contributed by atoms with Crippen molar-refractivity contribution in [1.82, 2.24) is 14.1 Å². The van der Waals surface area contributed by atoms with Crippen LogP contribution in [0.5, 0.6) is 0 Å². The maximum Gasteiger partial charge on any atom is 0.243 e. The summed E-state index contributed by atoms with van der Waals surface area (Å²) in [6.45, 7) is 1.39. The average Bonchev–Trinajstić information content (AvgIpc) is 3.20. The molecule has 2 atom stereocenters. The maximum absolute atomic E-state index is 13.4. The van der Waals surface area contributed by atoms with Gasteiger partial charge < -0.3 is 4.74 Å². The zero-order valence-corrected chi connectivity index (χ0v) is 18.8. The molecule has 8 heteroatoms. The van der Waals surface area contributed by atoms with Crippen LogP contribution in [0.25, 0.3) is 5.69 Å².